The van der Waals surface area contributed by atoms with Gasteiger partial charge in [0.15, 0.2) is 23.0 Å². The van der Waals surface area contributed by atoms with E-state index in [0.717, 1.165) is 24.0 Å². The van der Waals surface area contributed by atoms with Crippen LogP contribution in [0.5, 0.6) is 0 Å². The molecule has 0 aliphatic heterocycles. The second-order valence-electron chi connectivity index (χ2n) is 29.8. The van der Waals surface area contributed by atoms with Crippen molar-refractivity contribution in [1.82, 2.24) is 9.97 Å². The fourth-order valence-corrected chi connectivity index (χ4v) is 9.21. The van der Waals surface area contributed by atoms with E-state index in [2.05, 4.69) is 261 Å². The van der Waals surface area contributed by atoms with Crippen LogP contribution in [0.2, 0.25) is 0 Å². The lowest BCUT2D eigenvalue weighted by Crippen LogP contribution is -2.32. The van der Waals surface area contributed by atoms with Gasteiger partial charge in [0.2, 0.25) is 0 Å². The fraction of sp³-hybridized carbons (Fsp3) is 0.559. The molecule has 6 heteroatoms. The maximum Gasteiger partial charge on any atom is 0.185 e. The Morgan fingerprint density at radius 2 is 0.514 bits per heavy atom. The third-order valence-electron chi connectivity index (χ3n) is 14.7. The zero-order valence-corrected chi connectivity index (χ0v) is 50.9. The van der Waals surface area contributed by atoms with Crippen LogP contribution in [-0.2, 0) is 69.3 Å². The third-order valence-corrected chi connectivity index (χ3v) is 14.7. The number of aromatic nitrogens is 2. The molecule has 0 saturated heterocycles. The minimum atomic E-state index is -0.0923. The Bertz CT molecular complexity index is 2590. The maximum atomic E-state index is 11.3. The van der Waals surface area contributed by atoms with Crippen molar-refractivity contribution in [3.63, 3.8) is 0 Å². The summed E-state index contributed by atoms with van der Waals surface area (Å²) in [5.41, 5.74) is 14.9. The van der Waals surface area contributed by atoms with Crippen LogP contribution in [0.1, 0.15) is 244 Å². The standard InChI is InChI=1S/C68H96N6/c1-61(2,3)49-29-45(30-50(37-49)62(4,5)6)25-27-73(28-26-46-31-51(63(7,8)9)38-52(32-46)64(10,11)12)59-57(41-69)72-60(58(42-70)71-59)74(43-47-33-53(65(13,14)15)39-54(34-47)66(16,17)18)44-48-35-55(67(19,20)21)40-56(36-48)68(22,23)24/h29-40H,25-28,43-44H2,1-24H3. The highest BCUT2D eigenvalue weighted by Crippen LogP contribution is 2.37. The number of hydrogen-bond acceptors (Lipinski definition) is 6. The molecule has 0 saturated carbocycles. The van der Waals surface area contributed by atoms with Crippen LogP contribution in [0.4, 0.5) is 11.6 Å². The summed E-state index contributed by atoms with van der Waals surface area (Å²) in [6.45, 7) is 56.6. The summed E-state index contributed by atoms with van der Waals surface area (Å²) in [4.78, 5) is 15.0. The molecule has 398 valence electrons. The number of hydrogen-bond donors (Lipinski definition) is 0. The number of nitriles is 2. The Labute approximate surface area is 451 Å². The molecule has 74 heavy (non-hydrogen) atoms. The van der Waals surface area contributed by atoms with Gasteiger partial charge in [-0.3, -0.25) is 0 Å². The van der Waals surface area contributed by atoms with Crippen molar-refractivity contribution < 1.29 is 0 Å². The quantitative estimate of drug-likeness (QED) is 0.124. The third kappa shape index (κ3) is 15.3. The molecule has 0 aliphatic rings. The predicted octanol–water partition coefficient (Wildman–Crippen LogP) is 17.1. The van der Waals surface area contributed by atoms with E-state index in [1.165, 1.54) is 55.6 Å². The normalized spacial score (nSPS) is 13.2. The van der Waals surface area contributed by atoms with E-state index in [0.29, 0.717) is 37.8 Å². The molecule has 0 unspecified atom stereocenters. The first-order valence-electron chi connectivity index (χ1n) is 27.4. The molecule has 0 spiro atoms. The van der Waals surface area contributed by atoms with Crippen LogP contribution in [0.15, 0.2) is 72.8 Å². The highest BCUT2D eigenvalue weighted by atomic mass is 15.2. The van der Waals surface area contributed by atoms with Crippen molar-refractivity contribution in [3.8, 4) is 12.1 Å². The van der Waals surface area contributed by atoms with E-state index in [9.17, 15) is 10.5 Å². The minimum absolute atomic E-state index is 0.0356. The van der Waals surface area contributed by atoms with Gasteiger partial charge in [-0.1, -0.05) is 239 Å². The number of nitrogens with zero attached hydrogens (tertiary/aromatic N) is 6. The van der Waals surface area contributed by atoms with Gasteiger partial charge in [0.05, 0.1) is 0 Å². The van der Waals surface area contributed by atoms with E-state index in [1.807, 2.05) is 0 Å². The molecule has 0 atom stereocenters. The molecule has 0 fully saturated rings. The van der Waals surface area contributed by atoms with Crippen LogP contribution in [0, 0.1) is 22.7 Å². The van der Waals surface area contributed by atoms with Crippen molar-refractivity contribution >= 4 is 11.6 Å². The molecule has 6 nitrogen and oxygen atoms in total. The average Bonchev–Trinajstić information content (AvgIpc) is 3.25. The molecule has 1 aromatic heterocycles. The zero-order chi connectivity index (χ0) is 55.9. The van der Waals surface area contributed by atoms with Gasteiger partial charge in [-0.15, -0.1) is 0 Å². The minimum Gasteiger partial charge on any atom is -0.353 e. The molecular weight excluding hydrogens is 901 g/mol. The van der Waals surface area contributed by atoms with E-state index in [1.54, 1.807) is 0 Å². The van der Waals surface area contributed by atoms with Gasteiger partial charge in [-0.05, 0) is 123 Å². The molecule has 0 N–H and O–H groups in total. The SMILES string of the molecule is CC(C)(C)c1cc(CCN(CCc2cc(C(C)(C)C)cc(C(C)(C)C)c2)c2nc(C#N)c(N(Cc3cc(C(C)(C)C)cc(C(C)(C)C)c3)Cc3cc(C(C)(C)C)cc(C(C)(C)C)c3)nc2C#N)cc(C(C)(C)C)c1. The monoisotopic (exact) mass is 997 g/mol. The smallest absolute Gasteiger partial charge is 0.185 e. The van der Waals surface area contributed by atoms with Crippen LogP contribution in [-0.4, -0.2) is 23.1 Å². The summed E-state index contributed by atoms with van der Waals surface area (Å²) in [5.74, 6) is 0.873. The van der Waals surface area contributed by atoms with Gasteiger partial charge in [-0.2, -0.15) is 10.5 Å². The van der Waals surface area contributed by atoms with Crippen molar-refractivity contribution in [2.75, 3.05) is 22.9 Å². The van der Waals surface area contributed by atoms with E-state index < -0.39 is 0 Å². The van der Waals surface area contributed by atoms with E-state index >= 15 is 0 Å². The van der Waals surface area contributed by atoms with Crippen LogP contribution < -0.4 is 9.80 Å². The number of anilines is 2. The summed E-state index contributed by atoms with van der Waals surface area (Å²) < 4.78 is 0. The largest absolute Gasteiger partial charge is 0.353 e. The van der Waals surface area contributed by atoms with Crippen molar-refractivity contribution in [2.45, 2.75) is 235 Å². The summed E-state index contributed by atoms with van der Waals surface area (Å²) >= 11 is 0. The summed E-state index contributed by atoms with van der Waals surface area (Å²) in [5, 5.41) is 22.6. The molecule has 5 rings (SSSR count). The summed E-state index contributed by atoms with van der Waals surface area (Å²) in [6.07, 6.45) is 1.45. The zero-order valence-electron chi connectivity index (χ0n) is 50.9. The first-order valence-corrected chi connectivity index (χ1v) is 27.4. The van der Waals surface area contributed by atoms with Crippen LogP contribution in [0.3, 0.4) is 0 Å². The van der Waals surface area contributed by atoms with Gasteiger partial charge < -0.3 is 9.80 Å². The molecule has 0 radical (unpaired) electrons. The summed E-state index contributed by atoms with van der Waals surface area (Å²) in [7, 11) is 0. The number of rotatable bonds is 12. The first-order chi connectivity index (χ1) is 33.6. The van der Waals surface area contributed by atoms with Gasteiger partial charge in [0.1, 0.15) is 12.1 Å². The van der Waals surface area contributed by atoms with Crippen LogP contribution in [0.25, 0.3) is 0 Å². The van der Waals surface area contributed by atoms with E-state index in [-0.39, 0.29) is 54.7 Å². The lowest BCUT2D eigenvalue weighted by Gasteiger charge is -2.31. The van der Waals surface area contributed by atoms with Crippen molar-refractivity contribution in [1.29, 1.82) is 10.5 Å². The average molecular weight is 998 g/mol. The Morgan fingerprint density at radius 3 is 0.716 bits per heavy atom. The Balaban J connectivity index is 1.77. The van der Waals surface area contributed by atoms with E-state index in [4.69, 9.17) is 9.97 Å². The topological polar surface area (TPSA) is 79.8 Å². The van der Waals surface area contributed by atoms with Gasteiger partial charge >= 0.3 is 0 Å². The fourth-order valence-electron chi connectivity index (χ4n) is 9.21. The Morgan fingerprint density at radius 1 is 0.311 bits per heavy atom. The molecule has 4 aromatic carbocycles. The van der Waals surface area contributed by atoms with Gasteiger partial charge in [-0.25, -0.2) is 9.97 Å². The molecule has 0 amide bonds. The second kappa shape index (κ2) is 21.3. The van der Waals surface area contributed by atoms with Crippen molar-refractivity contribution in [2.24, 2.45) is 0 Å². The Hall–Kier alpha value is -5.46. The molecule has 1 heterocycles. The van der Waals surface area contributed by atoms with Gasteiger partial charge in [0, 0.05) is 26.2 Å². The second-order valence-corrected chi connectivity index (χ2v) is 29.8. The lowest BCUT2D eigenvalue weighted by atomic mass is 9.79. The maximum absolute atomic E-state index is 11.3. The first kappa shape index (κ1) is 59.4. The molecule has 0 bridgehead atoms. The van der Waals surface area contributed by atoms with Crippen molar-refractivity contribution in [3.05, 3.63) is 151 Å². The summed E-state index contributed by atoms with van der Waals surface area (Å²) in [6, 6.07) is 33.2. The highest BCUT2D eigenvalue weighted by molar-refractivity contribution is 5.61. The Kier molecular flexibility index (Phi) is 17.1. The molecule has 0 aliphatic carbocycles. The van der Waals surface area contributed by atoms with Crippen LogP contribution >= 0.6 is 0 Å². The predicted molar refractivity (Wildman–Crippen MR) is 316 cm³/mol. The molecule has 5 aromatic rings. The van der Waals surface area contributed by atoms with Gasteiger partial charge in [0.25, 0.3) is 0 Å². The molecular formula is C68H96N6. The number of benzene rings is 4. The highest BCUT2D eigenvalue weighted by Gasteiger charge is 2.29. The lowest BCUT2D eigenvalue weighted by molar-refractivity contribution is 0.564.